The molecule has 13 heteroatoms. The number of hydrogen-bond donors (Lipinski definition) is 0. The van der Waals surface area contributed by atoms with E-state index in [9.17, 15) is 19.2 Å². The zero-order valence-electron chi connectivity index (χ0n) is 31.0. The van der Waals surface area contributed by atoms with Gasteiger partial charge in [0.05, 0.1) is 26.2 Å². The minimum Gasteiger partial charge on any atom is -0.493 e. The largest absolute Gasteiger partial charge is 0.493 e. The van der Waals surface area contributed by atoms with Gasteiger partial charge >= 0.3 is 18.2 Å². The minimum absolute atomic E-state index is 0.00871. The van der Waals surface area contributed by atoms with Gasteiger partial charge in [0.1, 0.15) is 12.2 Å². The second kappa shape index (κ2) is 17.3. The van der Waals surface area contributed by atoms with Crippen LogP contribution in [-0.4, -0.2) is 124 Å². The molecule has 3 amide bonds. The van der Waals surface area contributed by atoms with Crippen LogP contribution in [0.4, 0.5) is 9.59 Å². The summed E-state index contributed by atoms with van der Waals surface area (Å²) in [4.78, 5) is 58.2. The van der Waals surface area contributed by atoms with Crippen molar-refractivity contribution in [3.8, 4) is 11.5 Å². The van der Waals surface area contributed by atoms with Gasteiger partial charge in [0.15, 0.2) is 11.5 Å². The number of rotatable bonds is 16. The Morgan fingerprint density at radius 2 is 1.57 bits per heavy atom. The summed E-state index contributed by atoms with van der Waals surface area (Å²) in [6.45, 7) is 14.9. The van der Waals surface area contributed by atoms with Crippen LogP contribution in [0.15, 0.2) is 18.2 Å². The van der Waals surface area contributed by atoms with Gasteiger partial charge in [0.25, 0.3) is 5.91 Å². The molecule has 2 fully saturated rings. The third-order valence-corrected chi connectivity index (χ3v) is 8.65. The van der Waals surface area contributed by atoms with E-state index in [1.54, 1.807) is 61.0 Å². The molecule has 2 atom stereocenters. The van der Waals surface area contributed by atoms with Crippen LogP contribution in [0.3, 0.4) is 0 Å². The molecular formula is C36H57N3O10. The Balaban J connectivity index is 1.85. The quantitative estimate of drug-likeness (QED) is 0.129. The van der Waals surface area contributed by atoms with Crippen LogP contribution in [0.5, 0.6) is 11.5 Å². The molecule has 49 heavy (non-hydrogen) atoms. The zero-order valence-corrected chi connectivity index (χ0v) is 31.0. The number of nitrogens with zero attached hydrogens (tertiary/aromatic N) is 3. The summed E-state index contributed by atoms with van der Waals surface area (Å²) in [7, 11) is 4.48. The lowest BCUT2D eigenvalue weighted by atomic mass is 9.94. The van der Waals surface area contributed by atoms with E-state index >= 15 is 0 Å². The van der Waals surface area contributed by atoms with Crippen molar-refractivity contribution in [3.05, 3.63) is 23.8 Å². The Morgan fingerprint density at radius 1 is 0.918 bits per heavy atom. The topological polar surface area (TPSA) is 133 Å². The van der Waals surface area contributed by atoms with Crippen LogP contribution < -0.4 is 9.47 Å². The number of amides is 3. The first-order valence-electron chi connectivity index (χ1n) is 17.1. The van der Waals surface area contributed by atoms with E-state index in [-0.39, 0.29) is 36.4 Å². The Hall–Kier alpha value is -3.74. The van der Waals surface area contributed by atoms with E-state index in [4.69, 9.17) is 28.4 Å². The number of carbonyl (C=O) groups excluding carboxylic acids is 4. The fourth-order valence-electron chi connectivity index (χ4n) is 5.75. The van der Waals surface area contributed by atoms with Crippen LogP contribution in [-0.2, 0) is 23.7 Å². The molecule has 1 aromatic carbocycles. The van der Waals surface area contributed by atoms with Gasteiger partial charge in [0.2, 0.25) is 0 Å². The maximum absolute atomic E-state index is 14.1. The van der Waals surface area contributed by atoms with E-state index in [1.807, 2.05) is 34.6 Å². The number of esters is 1. The molecule has 1 heterocycles. The first-order chi connectivity index (χ1) is 23.0. The van der Waals surface area contributed by atoms with Gasteiger partial charge in [-0.2, -0.15) is 0 Å². The maximum atomic E-state index is 14.1. The van der Waals surface area contributed by atoms with E-state index in [2.05, 4.69) is 0 Å². The summed E-state index contributed by atoms with van der Waals surface area (Å²) in [5.41, 5.74) is -1.23. The van der Waals surface area contributed by atoms with E-state index in [0.29, 0.717) is 62.9 Å². The van der Waals surface area contributed by atoms with E-state index in [1.165, 1.54) is 7.11 Å². The second-order valence-corrected chi connectivity index (χ2v) is 14.8. The monoisotopic (exact) mass is 691 g/mol. The number of hydrogen-bond acceptors (Lipinski definition) is 10. The summed E-state index contributed by atoms with van der Waals surface area (Å²) in [6.07, 6.45) is 1.41. The molecule has 1 saturated heterocycles. The Kier molecular flexibility index (Phi) is 14.0. The van der Waals surface area contributed by atoms with Crippen molar-refractivity contribution in [2.24, 2.45) is 17.3 Å². The zero-order chi connectivity index (χ0) is 36.5. The molecule has 13 nitrogen and oxygen atoms in total. The van der Waals surface area contributed by atoms with Crippen molar-refractivity contribution in [1.82, 2.24) is 14.7 Å². The van der Waals surface area contributed by atoms with Crippen molar-refractivity contribution in [3.63, 3.8) is 0 Å². The van der Waals surface area contributed by atoms with Crippen LogP contribution in [0.2, 0.25) is 0 Å². The average molecular weight is 692 g/mol. The number of benzene rings is 1. The van der Waals surface area contributed by atoms with Crippen molar-refractivity contribution in [2.45, 2.75) is 85.4 Å². The van der Waals surface area contributed by atoms with Crippen molar-refractivity contribution < 1.29 is 47.6 Å². The van der Waals surface area contributed by atoms with Crippen molar-refractivity contribution in [1.29, 1.82) is 0 Å². The number of likely N-dealkylation sites (tertiary alicyclic amines) is 1. The van der Waals surface area contributed by atoms with Gasteiger partial charge in [-0.3, -0.25) is 9.59 Å². The van der Waals surface area contributed by atoms with Crippen LogP contribution in [0.1, 0.15) is 78.1 Å². The first-order valence-corrected chi connectivity index (χ1v) is 17.1. The van der Waals surface area contributed by atoms with Gasteiger partial charge < -0.3 is 43.1 Å². The standard InChI is InChI=1S/C36H57N3O10/c1-24(2)38(31(40)25-12-15-29(45-9)30(18-25)47-17-11-16-44-8)21-26-19-37(33(42)49-35(3,4)5)20-27(26)22-39(28-13-14-28)34(43)48-23-36(6,7)32(41)46-10/h12,15,18,24,26-28H,11,13-14,16-17,19-23H2,1-10H3. The number of ether oxygens (including phenoxy) is 6. The van der Waals surface area contributed by atoms with Gasteiger partial charge in [-0.1, -0.05) is 0 Å². The maximum Gasteiger partial charge on any atom is 0.410 e. The molecule has 2 unspecified atom stereocenters. The minimum atomic E-state index is -1.00. The number of carbonyl (C=O) groups is 4. The Labute approximate surface area is 291 Å². The lowest BCUT2D eigenvalue weighted by Gasteiger charge is -2.33. The number of methoxy groups -OCH3 is 3. The molecule has 1 aliphatic carbocycles. The predicted octanol–water partition coefficient (Wildman–Crippen LogP) is 5.24. The fraction of sp³-hybridized carbons (Fsp3) is 0.722. The van der Waals surface area contributed by atoms with E-state index in [0.717, 1.165) is 12.8 Å². The highest BCUT2D eigenvalue weighted by molar-refractivity contribution is 5.95. The fourth-order valence-corrected chi connectivity index (χ4v) is 5.75. The summed E-state index contributed by atoms with van der Waals surface area (Å²) < 4.78 is 32.8. The average Bonchev–Trinajstić information content (AvgIpc) is 3.81. The molecule has 0 N–H and O–H groups in total. The summed E-state index contributed by atoms with van der Waals surface area (Å²) in [6, 6.07) is 4.98. The highest BCUT2D eigenvalue weighted by Gasteiger charge is 2.44. The molecule has 276 valence electrons. The first kappa shape index (κ1) is 39.7. The van der Waals surface area contributed by atoms with E-state index < -0.39 is 29.2 Å². The Bertz CT molecular complexity index is 1290. The lowest BCUT2D eigenvalue weighted by molar-refractivity contribution is -0.153. The second-order valence-electron chi connectivity index (χ2n) is 14.8. The van der Waals surface area contributed by atoms with Gasteiger partial charge in [-0.15, -0.1) is 0 Å². The summed E-state index contributed by atoms with van der Waals surface area (Å²) >= 11 is 0. The molecule has 2 aliphatic rings. The molecule has 3 rings (SSSR count). The third-order valence-electron chi connectivity index (χ3n) is 8.65. The van der Waals surface area contributed by atoms with Crippen molar-refractivity contribution >= 4 is 24.1 Å². The molecule has 0 aromatic heterocycles. The molecule has 0 spiro atoms. The van der Waals surface area contributed by atoms with Crippen LogP contribution in [0.25, 0.3) is 0 Å². The van der Waals surface area contributed by atoms with Gasteiger partial charge in [0, 0.05) is 75.8 Å². The van der Waals surface area contributed by atoms with Crippen LogP contribution in [0, 0.1) is 17.3 Å². The molecular weight excluding hydrogens is 634 g/mol. The van der Waals surface area contributed by atoms with Gasteiger partial charge in [-0.25, -0.2) is 9.59 Å². The Morgan fingerprint density at radius 3 is 2.12 bits per heavy atom. The molecule has 1 aromatic rings. The van der Waals surface area contributed by atoms with Gasteiger partial charge in [-0.05, 0) is 79.5 Å². The summed E-state index contributed by atoms with van der Waals surface area (Å²) in [5, 5.41) is 0. The summed E-state index contributed by atoms with van der Waals surface area (Å²) in [5.74, 6) is 0.00816. The third kappa shape index (κ3) is 11.4. The van der Waals surface area contributed by atoms with Crippen molar-refractivity contribution in [2.75, 3.05) is 67.3 Å². The normalized spacial score (nSPS) is 17.8. The predicted molar refractivity (Wildman–Crippen MR) is 183 cm³/mol. The highest BCUT2D eigenvalue weighted by Crippen LogP contribution is 2.34. The molecule has 0 radical (unpaired) electrons. The molecule has 0 bridgehead atoms. The van der Waals surface area contributed by atoms with Crippen LogP contribution >= 0.6 is 0 Å². The lowest BCUT2D eigenvalue weighted by Crippen LogP contribution is -2.45. The molecule has 1 saturated carbocycles. The molecule has 1 aliphatic heterocycles. The highest BCUT2D eigenvalue weighted by atomic mass is 16.6. The smallest absolute Gasteiger partial charge is 0.410 e. The SMILES string of the molecule is COCCCOc1cc(C(=O)N(CC2CN(C(=O)OC(C)(C)C)CC2CN(C(=O)OCC(C)(C)C(=O)OC)C2CC2)C(C)C)ccc1OC.